The average molecular weight is 180 g/mol. The van der Waals surface area contributed by atoms with Crippen LogP contribution in [-0.2, 0) is 0 Å². The molecule has 1 aliphatic heterocycles. The Hall–Kier alpha value is -0.960. The van der Waals surface area contributed by atoms with Gasteiger partial charge in [-0.15, -0.1) is 0 Å². The Kier molecular flexibility index (Phi) is 2.54. The second-order valence-corrected chi connectivity index (χ2v) is 3.65. The molecule has 0 aromatic carbocycles. The van der Waals surface area contributed by atoms with Crippen LogP contribution in [0.4, 0.5) is 5.88 Å². The quantitative estimate of drug-likeness (QED) is 0.742. The lowest BCUT2D eigenvalue weighted by molar-refractivity contribution is 0.533. The second kappa shape index (κ2) is 3.83. The summed E-state index contributed by atoms with van der Waals surface area (Å²) in [5, 5.41) is 6.64. The Balaban J connectivity index is 1.78. The van der Waals surface area contributed by atoms with Crippen molar-refractivity contribution in [2.45, 2.75) is 13.3 Å². The molecule has 13 heavy (non-hydrogen) atoms. The van der Waals surface area contributed by atoms with Gasteiger partial charge in [0.25, 0.3) is 0 Å². The molecule has 2 heterocycles. The first-order chi connectivity index (χ1) is 6.34. The van der Waals surface area contributed by atoms with Gasteiger partial charge < -0.3 is 15.1 Å². The molecule has 0 amide bonds. The number of furan rings is 1. The Morgan fingerprint density at radius 3 is 3.15 bits per heavy atom. The standard InChI is InChI=1S/C10H16N2O/c1-8-2-3-10(13-8)12-7-9-4-5-11-6-9/h2-3,9,11-12H,4-7H2,1H3. The minimum Gasteiger partial charge on any atom is -0.446 e. The maximum atomic E-state index is 5.41. The molecule has 0 aliphatic carbocycles. The van der Waals surface area contributed by atoms with Gasteiger partial charge in [0.1, 0.15) is 5.76 Å². The number of hydrogen-bond donors (Lipinski definition) is 2. The lowest BCUT2D eigenvalue weighted by Crippen LogP contribution is -2.16. The summed E-state index contributed by atoms with van der Waals surface area (Å²) in [6, 6.07) is 3.97. The number of hydrogen-bond acceptors (Lipinski definition) is 3. The fourth-order valence-corrected chi connectivity index (χ4v) is 1.66. The van der Waals surface area contributed by atoms with Crippen molar-refractivity contribution in [3.05, 3.63) is 17.9 Å². The van der Waals surface area contributed by atoms with Crippen molar-refractivity contribution in [2.75, 3.05) is 25.0 Å². The number of nitrogens with one attached hydrogen (secondary N) is 2. The number of rotatable bonds is 3. The van der Waals surface area contributed by atoms with Crippen LogP contribution < -0.4 is 10.6 Å². The molecule has 1 fully saturated rings. The highest BCUT2D eigenvalue weighted by atomic mass is 16.4. The third-order valence-corrected chi connectivity index (χ3v) is 2.47. The fraction of sp³-hybridized carbons (Fsp3) is 0.600. The Labute approximate surface area is 78.5 Å². The molecule has 2 rings (SSSR count). The van der Waals surface area contributed by atoms with E-state index in [1.807, 2.05) is 19.1 Å². The van der Waals surface area contributed by atoms with Gasteiger partial charge in [0.15, 0.2) is 5.88 Å². The van der Waals surface area contributed by atoms with Crippen LogP contribution in [0, 0.1) is 12.8 Å². The van der Waals surface area contributed by atoms with Crippen molar-refractivity contribution in [1.29, 1.82) is 0 Å². The van der Waals surface area contributed by atoms with Crippen molar-refractivity contribution >= 4 is 5.88 Å². The van der Waals surface area contributed by atoms with Crippen LogP contribution >= 0.6 is 0 Å². The summed E-state index contributed by atoms with van der Waals surface area (Å²) in [4.78, 5) is 0. The minimum atomic E-state index is 0.755. The minimum absolute atomic E-state index is 0.755. The molecule has 1 atom stereocenters. The van der Waals surface area contributed by atoms with E-state index in [1.165, 1.54) is 6.42 Å². The summed E-state index contributed by atoms with van der Waals surface area (Å²) in [5.41, 5.74) is 0. The third-order valence-electron chi connectivity index (χ3n) is 2.47. The molecule has 0 saturated carbocycles. The van der Waals surface area contributed by atoms with E-state index in [1.54, 1.807) is 0 Å². The molecule has 0 bridgehead atoms. The topological polar surface area (TPSA) is 37.2 Å². The van der Waals surface area contributed by atoms with Gasteiger partial charge in [-0.3, -0.25) is 0 Å². The van der Waals surface area contributed by atoms with E-state index >= 15 is 0 Å². The Bertz CT molecular complexity index is 264. The largest absolute Gasteiger partial charge is 0.446 e. The van der Waals surface area contributed by atoms with E-state index in [4.69, 9.17) is 4.42 Å². The van der Waals surface area contributed by atoms with E-state index in [0.29, 0.717) is 0 Å². The zero-order valence-corrected chi connectivity index (χ0v) is 7.97. The summed E-state index contributed by atoms with van der Waals surface area (Å²) >= 11 is 0. The highest BCUT2D eigenvalue weighted by Gasteiger charge is 2.13. The molecule has 1 unspecified atom stereocenters. The van der Waals surface area contributed by atoms with Gasteiger partial charge in [0, 0.05) is 12.6 Å². The molecular formula is C10H16N2O. The summed E-state index contributed by atoms with van der Waals surface area (Å²) in [6.45, 7) is 5.26. The summed E-state index contributed by atoms with van der Waals surface area (Å²) in [5.74, 6) is 2.61. The first kappa shape index (κ1) is 8.63. The number of anilines is 1. The first-order valence-corrected chi connectivity index (χ1v) is 4.85. The molecule has 3 heteroatoms. The molecule has 2 N–H and O–H groups in total. The van der Waals surface area contributed by atoms with Crippen LogP contribution in [0.15, 0.2) is 16.5 Å². The van der Waals surface area contributed by atoms with Gasteiger partial charge in [-0.05, 0) is 38.4 Å². The predicted octanol–water partition coefficient (Wildman–Crippen LogP) is 1.61. The van der Waals surface area contributed by atoms with Gasteiger partial charge in [-0.1, -0.05) is 0 Å². The van der Waals surface area contributed by atoms with Crippen molar-refractivity contribution < 1.29 is 4.42 Å². The van der Waals surface area contributed by atoms with Crippen molar-refractivity contribution in [3.8, 4) is 0 Å². The maximum absolute atomic E-state index is 5.41. The lowest BCUT2D eigenvalue weighted by Gasteiger charge is -2.08. The van der Waals surface area contributed by atoms with Gasteiger partial charge in [-0.25, -0.2) is 0 Å². The molecule has 1 aromatic heterocycles. The maximum Gasteiger partial charge on any atom is 0.193 e. The van der Waals surface area contributed by atoms with E-state index in [-0.39, 0.29) is 0 Å². The van der Waals surface area contributed by atoms with Gasteiger partial charge in [0.2, 0.25) is 0 Å². The molecule has 3 nitrogen and oxygen atoms in total. The van der Waals surface area contributed by atoms with Crippen molar-refractivity contribution in [1.82, 2.24) is 5.32 Å². The monoisotopic (exact) mass is 180 g/mol. The molecule has 1 aliphatic rings. The predicted molar refractivity (Wildman–Crippen MR) is 52.9 cm³/mol. The normalized spacial score (nSPS) is 22.1. The Morgan fingerprint density at radius 2 is 2.54 bits per heavy atom. The molecule has 0 spiro atoms. The highest BCUT2D eigenvalue weighted by Crippen LogP contribution is 2.14. The average Bonchev–Trinajstić information content (AvgIpc) is 2.71. The second-order valence-electron chi connectivity index (χ2n) is 3.65. The molecule has 1 saturated heterocycles. The van der Waals surface area contributed by atoms with Crippen LogP contribution in [0.2, 0.25) is 0 Å². The van der Waals surface area contributed by atoms with E-state index in [0.717, 1.165) is 37.2 Å². The zero-order chi connectivity index (χ0) is 9.10. The zero-order valence-electron chi connectivity index (χ0n) is 7.97. The van der Waals surface area contributed by atoms with Crippen molar-refractivity contribution in [3.63, 3.8) is 0 Å². The fourth-order valence-electron chi connectivity index (χ4n) is 1.66. The smallest absolute Gasteiger partial charge is 0.193 e. The highest BCUT2D eigenvalue weighted by molar-refractivity contribution is 5.31. The Morgan fingerprint density at radius 1 is 1.62 bits per heavy atom. The molecule has 72 valence electrons. The van der Waals surface area contributed by atoms with E-state index in [9.17, 15) is 0 Å². The van der Waals surface area contributed by atoms with Gasteiger partial charge >= 0.3 is 0 Å². The third kappa shape index (κ3) is 2.25. The van der Waals surface area contributed by atoms with Crippen LogP contribution in [0.3, 0.4) is 0 Å². The number of aryl methyl sites for hydroxylation is 1. The molecule has 1 aromatic rings. The lowest BCUT2D eigenvalue weighted by atomic mass is 10.1. The van der Waals surface area contributed by atoms with Gasteiger partial charge in [0.05, 0.1) is 0 Å². The summed E-state index contributed by atoms with van der Waals surface area (Å²) in [6.07, 6.45) is 1.27. The molecule has 0 radical (unpaired) electrons. The van der Waals surface area contributed by atoms with Crippen LogP contribution in [-0.4, -0.2) is 19.6 Å². The first-order valence-electron chi connectivity index (χ1n) is 4.85. The van der Waals surface area contributed by atoms with Gasteiger partial charge in [-0.2, -0.15) is 0 Å². The summed E-state index contributed by atoms with van der Waals surface area (Å²) in [7, 11) is 0. The van der Waals surface area contributed by atoms with E-state index in [2.05, 4.69) is 10.6 Å². The molecular weight excluding hydrogens is 164 g/mol. The van der Waals surface area contributed by atoms with Crippen molar-refractivity contribution in [2.24, 2.45) is 5.92 Å². The SMILES string of the molecule is Cc1ccc(NCC2CCNC2)o1. The summed E-state index contributed by atoms with van der Waals surface area (Å²) < 4.78 is 5.41. The van der Waals surface area contributed by atoms with Crippen LogP contribution in [0.25, 0.3) is 0 Å². The van der Waals surface area contributed by atoms with Crippen LogP contribution in [0.5, 0.6) is 0 Å². The van der Waals surface area contributed by atoms with Crippen LogP contribution in [0.1, 0.15) is 12.2 Å². The van der Waals surface area contributed by atoms with E-state index < -0.39 is 0 Å².